The van der Waals surface area contributed by atoms with Crippen molar-refractivity contribution < 1.29 is 18.3 Å². The Kier molecular flexibility index (Phi) is 5.91. The van der Waals surface area contributed by atoms with Gasteiger partial charge in [-0.1, -0.05) is 12.1 Å². The monoisotopic (exact) mass is 331 g/mol. The smallest absolute Gasteiger partial charge is 0.243 e. The number of aliphatic carboxylic acids is 1. The standard InChI is InChI=1S/C14H22NO4PS/c1-11-6-5-7-12(10-11)21(18,19)15-13(20(2,3)4)8-9-14(16)17/h5-7,10,13,15H,8-9H2,1-4H3/t13-/m1/s1. The molecule has 0 saturated carbocycles. The fourth-order valence-corrected chi connectivity index (χ4v) is 5.68. The van der Waals surface area contributed by atoms with Gasteiger partial charge in [0.2, 0.25) is 10.0 Å². The highest BCUT2D eigenvalue weighted by Crippen LogP contribution is 2.52. The van der Waals surface area contributed by atoms with Crippen LogP contribution in [-0.4, -0.2) is 40.2 Å². The van der Waals surface area contributed by atoms with E-state index in [-0.39, 0.29) is 23.5 Å². The van der Waals surface area contributed by atoms with E-state index in [1.165, 1.54) is 6.07 Å². The van der Waals surface area contributed by atoms with Crippen LogP contribution in [0, 0.1) is 6.92 Å². The van der Waals surface area contributed by atoms with Crippen LogP contribution < -0.4 is 9.83 Å². The molecule has 0 aliphatic carbocycles. The zero-order valence-electron chi connectivity index (χ0n) is 12.8. The molecule has 1 atom stereocenters. The van der Waals surface area contributed by atoms with Crippen molar-refractivity contribution in [2.45, 2.75) is 30.4 Å². The summed E-state index contributed by atoms with van der Waals surface area (Å²) in [6, 6.07) is 6.64. The number of rotatable bonds is 7. The van der Waals surface area contributed by atoms with Crippen molar-refractivity contribution in [3.05, 3.63) is 29.8 Å². The highest BCUT2D eigenvalue weighted by atomic mass is 32.2. The Balaban J connectivity index is 2.99. The van der Waals surface area contributed by atoms with Gasteiger partial charge < -0.3 is 9.90 Å². The van der Waals surface area contributed by atoms with Gasteiger partial charge in [-0.25, -0.2) is 8.42 Å². The second kappa shape index (κ2) is 6.86. The van der Waals surface area contributed by atoms with Gasteiger partial charge in [-0.2, -0.15) is 4.72 Å². The summed E-state index contributed by atoms with van der Waals surface area (Å²) >= 11 is 0. The molecular weight excluding hydrogens is 309 g/mol. The second-order valence-electron chi connectivity index (χ2n) is 5.98. The van der Waals surface area contributed by atoms with Crippen LogP contribution >= 0.6 is 7.26 Å². The van der Waals surface area contributed by atoms with Gasteiger partial charge in [-0.3, -0.25) is 0 Å². The molecule has 1 aromatic rings. The molecule has 0 fully saturated rings. The topological polar surface area (TPSA) is 86.3 Å². The van der Waals surface area contributed by atoms with Crippen molar-refractivity contribution >= 4 is 23.3 Å². The summed E-state index contributed by atoms with van der Waals surface area (Å²) in [7, 11) is -5.24. The molecule has 1 N–H and O–H groups in total. The van der Waals surface area contributed by atoms with Gasteiger partial charge in [-0.05, 0) is 31.0 Å². The Bertz CT molecular complexity index is 608. The summed E-state index contributed by atoms with van der Waals surface area (Å²) in [4.78, 5) is 10.8. The van der Waals surface area contributed by atoms with Gasteiger partial charge in [0.1, 0.15) is 5.78 Å². The molecule has 118 valence electrons. The van der Waals surface area contributed by atoms with Gasteiger partial charge in [0.15, 0.2) is 0 Å². The molecule has 0 amide bonds. The van der Waals surface area contributed by atoms with Gasteiger partial charge >= 0.3 is 0 Å². The molecule has 0 radical (unpaired) electrons. The number of carbonyl (C=O) groups excluding carboxylic acids is 1. The van der Waals surface area contributed by atoms with E-state index in [2.05, 4.69) is 4.72 Å². The number of carboxylic acids is 1. The first kappa shape index (κ1) is 18.1. The number of nitrogens with one attached hydrogen (secondary N) is 1. The fraction of sp³-hybridized carbons (Fsp3) is 0.500. The van der Waals surface area contributed by atoms with E-state index in [9.17, 15) is 18.3 Å². The number of hydrogen-bond acceptors (Lipinski definition) is 4. The number of hydrogen-bond donors (Lipinski definition) is 1. The van der Waals surface area contributed by atoms with E-state index in [1.54, 1.807) is 12.1 Å². The molecule has 0 aliphatic rings. The van der Waals surface area contributed by atoms with Crippen LogP contribution in [0.1, 0.15) is 18.4 Å². The molecule has 5 nitrogen and oxygen atoms in total. The quantitative estimate of drug-likeness (QED) is 0.756. The Hall–Kier alpha value is -0.970. The van der Waals surface area contributed by atoms with Gasteiger partial charge in [0.05, 0.1) is 4.90 Å². The molecule has 1 aromatic carbocycles. The fourth-order valence-electron chi connectivity index (χ4n) is 1.89. The third-order valence-corrected chi connectivity index (χ3v) is 7.05. The molecule has 0 unspecified atom stereocenters. The average Bonchev–Trinajstić information content (AvgIpc) is 2.33. The predicted octanol–water partition coefficient (Wildman–Crippen LogP) is 1.04. The first-order valence-corrected chi connectivity index (χ1v) is 11.3. The van der Waals surface area contributed by atoms with Gasteiger partial charge in [-0.15, -0.1) is 0 Å². The molecular formula is C14H22NO4PS. The number of sulfonamides is 1. The number of carbonyl (C=O) groups is 1. The lowest BCUT2D eigenvalue weighted by molar-refractivity contribution is -0.305. The highest BCUT2D eigenvalue weighted by molar-refractivity contribution is 7.90. The summed E-state index contributed by atoms with van der Waals surface area (Å²) in [5.41, 5.74) is 0.856. The largest absolute Gasteiger partial charge is 0.550 e. The van der Waals surface area contributed by atoms with Crippen molar-refractivity contribution in [2.75, 3.05) is 20.0 Å². The minimum atomic E-state index is -3.65. The van der Waals surface area contributed by atoms with Crippen LogP contribution in [-0.2, 0) is 14.8 Å². The zero-order chi connectivity index (χ0) is 16.3. The third kappa shape index (κ3) is 5.73. The van der Waals surface area contributed by atoms with E-state index in [4.69, 9.17) is 0 Å². The molecule has 7 heteroatoms. The summed E-state index contributed by atoms with van der Waals surface area (Å²) in [6.45, 7) is 7.76. The lowest BCUT2D eigenvalue weighted by Gasteiger charge is -2.25. The van der Waals surface area contributed by atoms with Crippen LogP contribution in [0.4, 0.5) is 0 Å². The van der Waals surface area contributed by atoms with Crippen LogP contribution in [0.15, 0.2) is 29.2 Å². The maximum atomic E-state index is 12.4. The minimum absolute atomic E-state index is 0.154. The molecule has 21 heavy (non-hydrogen) atoms. The van der Waals surface area contributed by atoms with Gasteiger partial charge in [0.25, 0.3) is 0 Å². The van der Waals surface area contributed by atoms with Crippen molar-refractivity contribution in [3.8, 4) is 0 Å². The Morgan fingerprint density at radius 2 is 1.95 bits per heavy atom. The van der Waals surface area contributed by atoms with Crippen molar-refractivity contribution in [1.29, 1.82) is 0 Å². The maximum Gasteiger partial charge on any atom is 0.243 e. The van der Waals surface area contributed by atoms with Crippen molar-refractivity contribution in [2.24, 2.45) is 0 Å². The normalized spacial score (nSPS) is 13.9. The van der Waals surface area contributed by atoms with Gasteiger partial charge in [0, 0.05) is 39.6 Å². The first-order chi connectivity index (χ1) is 9.52. The summed E-state index contributed by atoms with van der Waals surface area (Å²) in [5, 5.41) is 10.6. The highest BCUT2D eigenvalue weighted by Gasteiger charge is 2.34. The van der Waals surface area contributed by atoms with Crippen LogP contribution in [0.3, 0.4) is 0 Å². The molecule has 0 heterocycles. The third-order valence-electron chi connectivity index (χ3n) is 3.15. The predicted molar refractivity (Wildman–Crippen MR) is 84.2 cm³/mol. The van der Waals surface area contributed by atoms with E-state index in [1.807, 2.05) is 33.0 Å². The van der Waals surface area contributed by atoms with E-state index in [0.29, 0.717) is 0 Å². The lowest BCUT2D eigenvalue weighted by atomic mass is 10.2. The van der Waals surface area contributed by atoms with Crippen LogP contribution in [0.5, 0.6) is 0 Å². The Morgan fingerprint density at radius 1 is 1.33 bits per heavy atom. The number of benzene rings is 1. The maximum absolute atomic E-state index is 12.4. The lowest BCUT2D eigenvalue weighted by Crippen LogP contribution is -2.37. The number of aryl methyl sites for hydroxylation is 1. The first-order valence-electron chi connectivity index (χ1n) is 6.62. The summed E-state index contributed by atoms with van der Waals surface area (Å²) in [5.74, 6) is -1.54. The zero-order valence-corrected chi connectivity index (χ0v) is 14.5. The molecule has 1 rings (SSSR count). The molecule has 0 bridgehead atoms. The molecule has 0 aliphatic heterocycles. The Labute approximate surface area is 127 Å². The Morgan fingerprint density at radius 3 is 2.43 bits per heavy atom. The van der Waals surface area contributed by atoms with Crippen molar-refractivity contribution in [3.63, 3.8) is 0 Å². The van der Waals surface area contributed by atoms with E-state index >= 15 is 0 Å². The van der Waals surface area contributed by atoms with Crippen LogP contribution in [0.2, 0.25) is 0 Å². The second-order valence-corrected chi connectivity index (χ2v) is 12.6. The average molecular weight is 331 g/mol. The summed E-state index contributed by atoms with van der Waals surface area (Å²) < 4.78 is 27.5. The number of carboxylic acid groups (broad SMARTS) is 1. The SMILES string of the molecule is Cc1cccc(S(=O)(=O)N[C@@H](CCC(=O)[O-])[P+](C)(C)C)c1. The molecule has 0 spiro atoms. The van der Waals surface area contributed by atoms with E-state index in [0.717, 1.165) is 5.56 Å². The summed E-state index contributed by atoms with van der Waals surface area (Å²) in [6.07, 6.45) is 0.0862. The van der Waals surface area contributed by atoms with Crippen molar-refractivity contribution in [1.82, 2.24) is 4.72 Å². The molecule has 0 saturated heterocycles. The van der Waals surface area contributed by atoms with E-state index < -0.39 is 23.3 Å². The molecule has 0 aromatic heterocycles. The minimum Gasteiger partial charge on any atom is -0.550 e. The van der Waals surface area contributed by atoms with Crippen LogP contribution in [0.25, 0.3) is 0 Å².